The molecule has 0 fully saturated rings. The molecule has 0 spiro atoms. The Labute approximate surface area is 163 Å². The van der Waals surface area contributed by atoms with E-state index in [0.717, 1.165) is 12.0 Å². The Morgan fingerprint density at radius 1 is 1.18 bits per heavy atom. The topological polar surface area (TPSA) is 79.8 Å². The van der Waals surface area contributed by atoms with Crippen molar-refractivity contribution in [1.29, 1.82) is 0 Å². The normalized spacial score (nSPS) is 12.9. The zero-order valence-corrected chi connectivity index (χ0v) is 16.1. The van der Waals surface area contributed by atoms with E-state index in [1.165, 1.54) is 4.90 Å². The fourth-order valence-electron chi connectivity index (χ4n) is 2.97. The van der Waals surface area contributed by atoms with E-state index in [4.69, 9.17) is 4.74 Å². The van der Waals surface area contributed by atoms with E-state index in [-0.39, 0.29) is 37.0 Å². The smallest absolute Gasteiger partial charge is 0.264 e. The van der Waals surface area contributed by atoms with Crippen molar-refractivity contribution >= 4 is 23.3 Å². The van der Waals surface area contributed by atoms with Gasteiger partial charge in [-0.05, 0) is 42.3 Å². The highest BCUT2D eigenvalue weighted by atomic mass is 16.5. The highest BCUT2D eigenvalue weighted by molar-refractivity contribution is 6.02. The average molecular weight is 381 g/mol. The first-order valence-electron chi connectivity index (χ1n) is 9.15. The predicted molar refractivity (Wildman–Crippen MR) is 104 cm³/mol. The summed E-state index contributed by atoms with van der Waals surface area (Å²) >= 11 is 0. The lowest BCUT2D eigenvalue weighted by Crippen LogP contribution is -2.35. The van der Waals surface area contributed by atoms with Gasteiger partial charge in [0.2, 0.25) is 5.91 Å². The minimum absolute atomic E-state index is 0.00285. The van der Waals surface area contributed by atoms with Crippen LogP contribution in [0.15, 0.2) is 42.7 Å². The number of pyridine rings is 1. The molecule has 1 aromatic heterocycles. The molecule has 0 radical (unpaired) electrons. The standard InChI is InChI=1S/C21H23N3O4/c1-23(12-9-15-7-10-22-11-8-15)20(26)6-4-18(25)16-3-5-19-17(13-16)24(2)21(27)14-28-19/h3,5,7-8,10-11,13H,4,6,9,12,14H2,1-2H3. The SMILES string of the molecule is CN(CCc1ccncc1)C(=O)CCC(=O)c1ccc2c(c1)N(C)C(=O)CO2. The summed E-state index contributed by atoms with van der Waals surface area (Å²) in [4.78, 5) is 43.7. The minimum atomic E-state index is -0.164. The molecule has 28 heavy (non-hydrogen) atoms. The van der Waals surface area contributed by atoms with Crippen LogP contribution in [0, 0.1) is 0 Å². The van der Waals surface area contributed by atoms with Gasteiger partial charge >= 0.3 is 0 Å². The second-order valence-corrected chi connectivity index (χ2v) is 6.77. The average Bonchev–Trinajstić information content (AvgIpc) is 2.73. The van der Waals surface area contributed by atoms with E-state index in [0.29, 0.717) is 23.5 Å². The number of hydrogen-bond donors (Lipinski definition) is 0. The monoisotopic (exact) mass is 381 g/mol. The van der Waals surface area contributed by atoms with Crippen molar-refractivity contribution in [3.05, 3.63) is 53.9 Å². The number of fused-ring (bicyclic) bond motifs is 1. The van der Waals surface area contributed by atoms with Crippen molar-refractivity contribution in [3.8, 4) is 5.75 Å². The van der Waals surface area contributed by atoms with Crippen LogP contribution in [0.4, 0.5) is 5.69 Å². The molecule has 0 unspecified atom stereocenters. The lowest BCUT2D eigenvalue weighted by Gasteiger charge is -2.26. The molecule has 7 heteroatoms. The molecule has 2 amide bonds. The number of benzene rings is 1. The molecule has 0 atom stereocenters. The Bertz CT molecular complexity index is 882. The minimum Gasteiger partial charge on any atom is -0.482 e. The maximum absolute atomic E-state index is 12.5. The molecule has 0 aliphatic carbocycles. The number of nitrogens with zero attached hydrogens (tertiary/aromatic N) is 3. The second kappa shape index (κ2) is 8.65. The first-order chi connectivity index (χ1) is 13.5. The van der Waals surface area contributed by atoms with Gasteiger partial charge in [0.15, 0.2) is 12.4 Å². The Hall–Kier alpha value is -3.22. The van der Waals surface area contributed by atoms with Crippen LogP contribution in [0.1, 0.15) is 28.8 Å². The van der Waals surface area contributed by atoms with E-state index in [1.54, 1.807) is 49.6 Å². The van der Waals surface area contributed by atoms with Crippen LogP contribution in [0.25, 0.3) is 0 Å². The molecule has 146 valence electrons. The molecule has 0 saturated carbocycles. The molecule has 0 bridgehead atoms. The van der Waals surface area contributed by atoms with Crippen molar-refractivity contribution in [2.75, 3.05) is 32.1 Å². The van der Waals surface area contributed by atoms with Crippen molar-refractivity contribution in [1.82, 2.24) is 9.88 Å². The van der Waals surface area contributed by atoms with E-state index in [2.05, 4.69) is 4.98 Å². The molecule has 0 N–H and O–H groups in total. The highest BCUT2D eigenvalue weighted by Gasteiger charge is 2.23. The molecule has 2 heterocycles. The van der Waals surface area contributed by atoms with Gasteiger partial charge < -0.3 is 14.5 Å². The zero-order valence-electron chi connectivity index (χ0n) is 16.1. The van der Waals surface area contributed by atoms with Gasteiger partial charge in [-0.3, -0.25) is 19.4 Å². The van der Waals surface area contributed by atoms with Crippen LogP contribution in [0.5, 0.6) is 5.75 Å². The summed E-state index contributed by atoms with van der Waals surface area (Å²) in [5.41, 5.74) is 2.15. The summed E-state index contributed by atoms with van der Waals surface area (Å²) in [6.45, 7) is 0.581. The number of carbonyl (C=O) groups is 3. The number of carbonyl (C=O) groups excluding carboxylic acids is 3. The first kappa shape index (κ1) is 19.5. The Balaban J connectivity index is 1.53. The molecule has 3 rings (SSSR count). The summed E-state index contributed by atoms with van der Waals surface area (Å²) in [5, 5.41) is 0. The zero-order chi connectivity index (χ0) is 20.1. The maximum Gasteiger partial charge on any atom is 0.264 e. The van der Waals surface area contributed by atoms with Crippen molar-refractivity contribution in [2.24, 2.45) is 0 Å². The van der Waals surface area contributed by atoms with Gasteiger partial charge in [0, 0.05) is 51.4 Å². The second-order valence-electron chi connectivity index (χ2n) is 6.77. The van der Waals surface area contributed by atoms with E-state index in [9.17, 15) is 14.4 Å². The number of ether oxygens (including phenoxy) is 1. The molecular formula is C21H23N3O4. The predicted octanol–water partition coefficient (Wildman–Crippen LogP) is 2.10. The van der Waals surface area contributed by atoms with Crippen LogP contribution in [0.2, 0.25) is 0 Å². The van der Waals surface area contributed by atoms with Crippen molar-refractivity contribution < 1.29 is 19.1 Å². The molecule has 2 aromatic rings. The summed E-state index contributed by atoms with van der Waals surface area (Å²) < 4.78 is 5.37. The number of Topliss-reactive ketones (excluding diaryl/α,β-unsaturated/α-hetero) is 1. The number of ketones is 1. The molecule has 7 nitrogen and oxygen atoms in total. The fourth-order valence-corrected chi connectivity index (χ4v) is 2.97. The lowest BCUT2D eigenvalue weighted by atomic mass is 10.0. The number of aromatic nitrogens is 1. The van der Waals surface area contributed by atoms with Gasteiger partial charge in [0.05, 0.1) is 5.69 Å². The van der Waals surface area contributed by atoms with Gasteiger partial charge in [-0.25, -0.2) is 0 Å². The highest BCUT2D eigenvalue weighted by Crippen LogP contribution is 2.32. The van der Waals surface area contributed by atoms with Crippen LogP contribution in [-0.4, -0.2) is 54.7 Å². The fraction of sp³-hybridized carbons (Fsp3) is 0.333. The number of anilines is 1. The van der Waals surface area contributed by atoms with Crippen molar-refractivity contribution in [3.63, 3.8) is 0 Å². The van der Waals surface area contributed by atoms with E-state index in [1.807, 2.05) is 12.1 Å². The lowest BCUT2D eigenvalue weighted by molar-refractivity contribution is -0.129. The third kappa shape index (κ3) is 4.54. The Morgan fingerprint density at radius 2 is 1.93 bits per heavy atom. The summed E-state index contributed by atoms with van der Waals surface area (Å²) in [7, 11) is 3.39. The van der Waals surface area contributed by atoms with Crippen LogP contribution >= 0.6 is 0 Å². The largest absolute Gasteiger partial charge is 0.482 e. The maximum atomic E-state index is 12.5. The number of likely N-dealkylation sites (N-methyl/N-ethyl adjacent to an activating group) is 2. The van der Waals surface area contributed by atoms with Crippen molar-refractivity contribution in [2.45, 2.75) is 19.3 Å². The van der Waals surface area contributed by atoms with Gasteiger partial charge in [0.1, 0.15) is 5.75 Å². The molecule has 0 saturated heterocycles. The number of amides is 2. The summed E-state index contributed by atoms with van der Waals surface area (Å²) in [6, 6.07) is 8.84. The van der Waals surface area contributed by atoms with Gasteiger partial charge in [-0.15, -0.1) is 0 Å². The van der Waals surface area contributed by atoms with Gasteiger partial charge in [-0.2, -0.15) is 0 Å². The van der Waals surface area contributed by atoms with Gasteiger partial charge in [0.25, 0.3) is 5.91 Å². The summed E-state index contributed by atoms with van der Waals surface area (Å²) in [5.74, 6) is 0.203. The molecule has 1 aromatic carbocycles. The molecule has 1 aliphatic rings. The van der Waals surface area contributed by atoms with E-state index >= 15 is 0 Å². The van der Waals surface area contributed by atoms with E-state index < -0.39 is 0 Å². The molecule has 1 aliphatic heterocycles. The Kier molecular flexibility index (Phi) is 6.03. The molecular weight excluding hydrogens is 358 g/mol. The Morgan fingerprint density at radius 3 is 2.68 bits per heavy atom. The number of rotatable bonds is 7. The third-order valence-electron chi connectivity index (χ3n) is 4.84. The van der Waals surface area contributed by atoms with Gasteiger partial charge in [-0.1, -0.05) is 0 Å². The van der Waals surface area contributed by atoms with Crippen LogP contribution in [0.3, 0.4) is 0 Å². The third-order valence-corrected chi connectivity index (χ3v) is 4.84. The number of hydrogen-bond acceptors (Lipinski definition) is 5. The van der Waals surface area contributed by atoms with Crippen LogP contribution < -0.4 is 9.64 Å². The quantitative estimate of drug-likeness (QED) is 0.686. The van der Waals surface area contributed by atoms with Crippen LogP contribution in [-0.2, 0) is 16.0 Å². The first-order valence-corrected chi connectivity index (χ1v) is 9.15. The summed E-state index contributed by atoms with van der Waals surface area (Å²) in [6.07, 6.45) is 4.46.